The number of hydrogen-bond donors (Lipinski definition) is 4. The zero-order valence-electron chi connectivity index (χ0n) is 27.8. The van der Waals surface area contributed by atoms with Crippen molar-refractivity contribution in [2.24, 2.45) is 94.7 Å². The zero-order valence-corrected chi connectivity index (χ0v) is 27.8. The first kappa shape index (κ1) is 33.2. The molecule has 0 radical (unpaired) electrons. The molecule has 0 saturated heterocycles. The fourth-order valence-electron chi connectivity index (χ4n) is 14.4. The first-order chi connectivity index (χ1) is 20.5. The summed E-state index contributed by atoms with van der Waals surface area (Å²) in [5.74, 6) is 19.5. The smallest absolute Gasteiger partial charge is 0.0402 e. The molecule has 10 aliphatic rings. The molecule has 4 heteroatoms. The van der Waals surface area contributed by atoms with E-state index in [0.29, 0.717) is 0 Å². The fourth-order valence-corrected chi connectivity index (χ4v) is 14.4. The molecule has 4 nitrogen and oxygen atoms in total. The van der Waals surface area contributed by atoms with Crippen LogP contribution in [0.3, 0.4) is 0 Å². The van der Waals surface area contributed by atoms with Crippen LogP contribution in [0.25, 0.3) is 0 Å². The average molecular weight is 589 g/mol. The summed E-state index contributed by atoms with van der Waals surface area (Å²) < 4.78 is 0. The lowest BCUT2D eigenvalue weighted by molar-refractivity contribution is 0.0716. The Morgan fingerprint density at radius 1 is 0.333 bits per heavy atom. The van der Waals surface area contributed by atoms with Crippen LogP contribution in [-0.4, -0.2) is 46.9 Å². The molecule has 10 rings (SSSR count). The molecule has 16 unspecified atom stereocenters. The molecule has 0 aromatic rings. The van der Waals surface area contributed by atoms with E-state index in [9.17, 15) is 0 Å². The third kappa shape index (κ3) is 5.91. The van der Waals surface area contributed by atoms with E-state index in [0.717, 1.165) is 0 Å². The number of fused-ring (bicyclic) bond motifs is 23. The molecule has 0 heterocycles. The molecule has 4 N–H and O–H groups in total. The van der Waals surface area contributed by atoms with Gasteiger partial charge in [0.05, 0.1) is 0 Å². The lowest BCUT2D eigenvalue weighted by Crippen LogP contribution is -2.35. The Kier molecular flexibility index (Phi) is 11.8. The maximum absolute atomic E-state index is 7.57. The van der Waals surface area contributed by atoms with Gasteiger partial charge >= 0.3 is 0 Å². The van der Waals surface area contributed by atoms with Gasteiger partial charge < -0.3 is 20.4 Å². The largest absolute Gasteiger partial charge is 0.397 e. The highest BCUT2D eigenvalue weighted by atomic mass is 16.3. The molecule has 16 atom stereocenters. The third-order valence-corrected chi connectivity index (χ3v) is 14.6. The molecule has 0 spiro atoms. The molecule has 10 saturated carbocycles. The van der Waals surface area contributed by atoms with Crippen molar-refractivity contribution in [2.45, 2.75) is 118 Å². The molecule has 10 aliphatic carbocycles. The highest BCUT2D eigenvalue weighted by Gasteiger charge is 2.66. The molecule has 8 bridgehead atoms. The van der Waals surface area contributed by atoms with E-state index < -0.39 is 0 Å². The third-order valence-electron chi connectivity index (χ3n) is 14.6. The first-order valence-corrected chi connectivity index (χ1v) is 18.9. The average Bonchev–Trinajstić information content (AvgIpc) is 3.83. The van der Waals surface area contributed by atoms with Gasteiger partial charge in [-0.1, -0.05) is 6.42 Å². The van der Waals surface area contributed by atoms with Gasteiger partial charge in [0.2, 0.25) is 0 Å². The molecule has 244 valence electrons. The molecule has 42 heavy (non-hydrogen) atoms. The molecule has 0 amide bonds. The lowest BCUT2D eigenvalue weighted by Gasteiger charge is -2.40. The van der Waals surface area contributed by atoms with Gasteiger partial charge in [-0.15, -0.1) is 0 Å². The van der Waals surface area contributed by atoms with Crippen molar-refractivity contribution in [1.29, 1.82) is 0 Å². The maximum Gasteiger partial charge on any atom is 0.0402 e. The second-order valence-electron chi connectivity index (χ2n) is 16.0. The topological polar surface area (TPSA) is 80.9 Å². The molecular formula is C38H68O4. The van der Waals surface area contributed by atoms with Crippen molar-refractivity contribution in [3.63, 3.8) is 0 Å². The van der Waals surface area contributed by atoms with Gasteiger partial charge in [-0.25, -0.2) is 0 Å². The molecule has 0 aromatic carbocycles. The second kappa shape index (κ2) is 15.0. The van der Waals surface area contributed by atoms with E-state index in [2.05, 4.69) is 0 Å². The minimum Gasteiger partial charge on any atom is -0.397 e. The Bertz CT molecular complexity index is 751. The summed E-state index contributed by atoms with van der Waals surface area (Å²) in [5, 5.41) is 30.3. The summed E-state index contributed by atoms with van der Waals surface area (Å²) in [6.45, 7) is 7.72. The summed E-state index contributed by atoms with van der Waals surface area (Å²) in [7, 11) is 0. The summed E-state index contributed by atoms with van der Waals surface area (Å²) >= 11 is 0. The van der Waals surface area contributed by atoms with Crippen molar-refractivity contribution < 1.29 is 20.4 Å². The predicted molar refractivity (Wildman–Crippen MR) is 172 cm³/mol. The summed E-state index contributed by atoms with van der Waals surface area (Å²) in [6, 6.07) is 0. The molecule has 10 fully saturated rings. The molecule has 0 aliphatic heterocycles. The number of rotatable bonds is 0. The Morgan fingerprint density at radius 3 is 0.952 bits per heavy atom. The summed E-state index contributed by atoms with van der Waals surface area (Å²) in [4.78, 5) is 0. The maximum atomic E-state index is 7.57. The Balaban J connectivity index is 0.000000124. The number of aliphatic hydroxyl groups is 4. The zero-order chi connectivity index (χ0) is 30.0. The van der Waals surface area contributed by atoms with E-state index in [1.54, 1.807) is 118 Å². The Morgan fingerprint density at radius 2 is 0.595 bits per heavy atom. The van der Waals surface area contributed by atoms with E-state index in [-0.39, 0.29) is 26.4 Å². The quantitative estimate of drug-likeness (QED) is 0.222. The van der Waals surface area contributed by atoms with E-state index in [1.807, 2.05) is 0 Å². The minimum atomic E-state index is 0.250. The van der Waals surface area contributed by atoms with Crippen molar-refractivity contribution in [1.82, 2.24) is 0 Å². The Labute approximate surface area is 258 Å². The van der Waals surface area contributed by atoms with Crippen LogP contribution >= 0.6 is 0 Å². The van der Waals surface area contributed by atoms with E-state index in [4.69, 9.17) is 20.4 Å². The predicted octanol–water partition coefficient (Wildman–Crippen LogP) is 7.42. The summed E-state index contributed by atoms with van der Waals surface area (Å²) in [5.41, 5.74) is 0. The van der Waals surface area contributed by atoms with Crippen LogP contribution in [-0.2, 0) is 0 Å². The van der Waals surface area contributed by atoms with Gasteiger partial charge in [0.1, 0.15) is 0 Å². The highest BCUT2D eigenvalue weighted by Crippen LogP contribution is 2.73. The van der Waals surface area contributed by atoms with Crippen molar-refractivity contribution in [3.05, 3.63) is 0 Å². The van der Waals surface area contributed by atoms with Crippen LogP contribution in [0.4, 0.5) is 0 Å². The minimum absolute atomic E-state index is 0.250. The van der Waals surface area contributed by atoms with Crippen LogP contribution in [0.2, 0.25) is 0 Å². The lowest BCUT2D eigenvalue weighted by atomic mass is 9.64. The fraction of sp³-hybridized carbons (Fsp3) is 1.00. The Hall–Kier alpha value is -0.160. The van der Waals surface area contributed by atoms with Gasteiger partial charge in [0, 0.05) is 26.4 Å². The van der Waals surface area contributed by atoms with Gasteiger partial charge in [0.15, 0.2) is 0 Å². The SMILES string of the molecule is C1CC2C(C1)C1CC2C2C3CCC(C3)C12.C1CC2CC1C1CC3C4CCC(C4)C3C21.CCO.CCO.CCO.CCO. The monoisotopic (exact) mass is 589 g/mol. The van der Waals surface area contributed by atoms with E-state index >= 15 is 0 Å². The summed E-state index contributed by atoms with van der Waals surface area (Å²) in [6.07, 6.45) is 22.8. The highest BCUT2D eigenvalue weighted by molar-refractivity contribution is 5.14. The van der Waals surface area contributed by atoms with Crippen LogP contribution in [0.1, 0.15) is 118 Å². The molecular weight excluding hydrogens is 520 g/mol. The van der Waals surface area contributed by atoms with Crippen LogP contribution < -0.4 is 0 Å². The standard InChI is InChI=1S/2C15H22.4C2H6O/c1-3-10-5-8(1)12-7-13-9-2-4-11(6-9)15(13)14(10)12;1-2-10-11(3-1)13-7-12(10)14-8-4-5-9(6-8)15(13)14;4*1-2-3/h2*8-15H,1-7H2;4*3H,2H2,1H3. The van der Waals surface area contributed by atoms with E-state index in [1.165, 1.54) is 94.7 Å². The molecule has 0 aromatic heterocycles. The van der Waals surface area contributed by atoms with Crippen LogP contribution in [0.15, 0.2) is 0 Å². The van der Waals surface area contributed by atoms with Crippen molar-refractivity contribution >= 4 is 0 Å². The number of aliphatic hydroxyl groups excluding tert-OH is 4. The second-order valence-corrected chi connectivity index (χ2v) is 16.0. The van der Waals surface area contributed by atoms with Crippen molar-refractivity contribution in [2.75, 3.05) is 26.4 Å². The van der Waals surface area contributed by atoms with Gasteiger partial charge in [-0.05, 0) is 206 Å². The normalized spacial score (nSPS) is 50.9. The van der Waals surface area contributed by atoms with Crippen LogP contribution in [0, 0.1) is 94.7 Å². The first-order valence-electron chi connectivity index (χ1n) is 18.9. The van der Waals surface area contributed by atoms with Gasteiger partial charge in [0.25, 0.3) is 0 Å². The number of hydrogen-bond acceptors (Lipinski definition) is 4. The van der Waals surface area contributed by atoms with Gasteiger partial charge in [-0.2, -0.15) is 0 Å². The van der Waals surface area contributed by atoms with Gasteiger partial charge in [-0.3, -0.25) is 0 Å². The van der Waals surface area contributed by atoms with Crippen LogP contribution in [0.5, 0.6) is 0 Å². The van der Waals surface area contributed by atoms with Crippen molar-refractivity contribution in [3.8, 4) is 0 Å².